The summed E-state index contributed by atoms with van der Waals surface area (Å²) in [4.78, 5) is 24.9. The van der Waals surface area contributed by atoms with Crippen molar-refractivity contribution >= 4 is 23.4 Å². The van der Waals surface area contributed by atoms with Crippen LogP contribution in [0.15, 0.2) is 54.6 Å². The molecule has 0 aromatic heterocycles. The Morgan fingerprint density at radius 3 is 2.62 bits per heavy atom. The number of carbonyl (C=O) groups is 2. The van der Waals surface area contributed by atoms with Crippen LogP contribution in [0.1, 0.15) is 36.8 Å². The zero-order valence-electron chi connectivity index (χ0n) is 14.8. The number of ether oxygens (including phenoxy) is 2. The molecule has 0 spiro atoms. The molecule has 4 heteroatoms. The third kappa shape index (κ3) is 4.39. The van der Waals surface area contributed by atoms with Crippen LogP contribution in [-0.2, 0) is 14.3 Å². The standard InChI is InChI=1S/C22H22O4/c1-25-18-11-7-8-16(14-18)15-19(17-9-3-2-4-10-17)22(24)26-21-13-6-5-12-20(21)23/h2-4,7-11,14-15,21H,5-6,12-13H2,1H3/b19-15+/t21-/m0/s1. The van der Waals surface area contributed by atoms with Crippen LogP contribution in [0.5, 0.6) is 5.75 Å². The molecule has 0 unspecified atom stereocenters. The van der Waals surface area contributed by atoms with Gasteiger partial charge in [-0.15, -0.1) is 0 Å². The first kappa shape index (κ1) is 17.9. The topological polar surface area (TPSA) is 52.6 Å². The third-order valence-corrected chi connectivity index (χ3v) is 4.46. The lowest BCUT2D eigenvalue weighted by molar-refractivity contribution is -0.151. The van der Waals surface area contributed by atoms with Crippen molar-refractivity contribution in [2.75, 3.05) is 7.11 Å². The Labute approximate surface area is 153 Å². The molecule has 1 atom stereocenters. The van der Waals surface area contributed by atoms with E-state index in [1.54, 1.807) is 13.2 Å². The SMILES string of the molecule is COc1cccc(/C=C(/C(=O)O[C@H]2CCCCC2=O)c2ccccc2)c1. The molecule has 1 aliphatic rings. The lowest BCUT2D eigenvalue weighted by Crippen LogP contribution is -2.30. The fourth-order valence-corrected chi connectivity index (χ4v) is 3.04. The van der Waals surface area contributed by atoms with Crippen molar-refractivity contribution in [3.63, 3.8) is 0 Å². The van der Waals surface area contributed by atoms with Crippen LogP contribution in [0.25, 0.3) is 11.6 Å². The minimum Gasteiger partial charge on any atom is -0.497 e. The molecule has 0 saturated heterocycles. The predicted octanol–water partition coefficient (Wildman–Crippen LogP) is 4.29. The van der Waals surface area contributed by atoms with Gasteiger partial charge in [0.1, 0.15) is 5.75 Å². The fraction of sp³-hybridized carbons (Fsp3) is 0.273. The van der Waals surface area contributed by atoms with Gasteiger partial charge >= 0.3 is 5.97 Å². The average molecular weight is 350 g/mol. The highest BCUT2D eigenvalue weighted by Gasteiger charge is 2.27. The second-order valence-corrected chi connectivity index (χ2v) is 6.31. The third-order valence-electron chi connectivity index (χ3n) is 4.46. The van der Waals surface area contributed by atoms with Crippen LogP contribution in [-0.4, -0.2) is 25.0 Å². The van der Waals surface area contributed by atoms with E-state index in [4.69, 9.17) is 9.47 Å². The Hall–Kier alpha value is -2.88. The van der Waals surface area contributed by atoms with Crippen molar-refractivity contribution in [2.45, 2.75) is 31.8 Å². The van der Waals surface area contributed by atoms with Crippen molar-refractivity contribution in [3.05, 3.63) is 65.7 Å². The minimum atomic E-state index is -0.631. The van der Waals surface area contributed by atoms with Gasteiger partial charge < -0.3 is 9.47 Å². The van der Waals surface area contributed by atoms with E-state index in [0.717, 1.165) is 24.0 Å². The van der Waals surface area contributed by atoms with E-state index in [1.165, 1.54) is 0 Å². The molecule has 1 fully saturated rings. The van der Waals surface area contributed by atoms with E-state index < -0.39 is 12.1 Å². The maximum atomic E-state index is 12.8. The molecular formula is C22H22O4. The van der Waals surface area contributed by atoms with Crippen molar-refractivity contribution in [1.82, 2.24) is 0 Å². The largest absolute Gasteiger partial charge is 0.497 e. The second kappa shape index (κ2) is 8.48. The molecule has 0 N–H and O–H groups in total. The molecule has 0 aliphatic heterocycles. The van der Waals surface area contributed by atoms with E-state index in [1.807, 2.05) is 54.6 Å². The summed E-state index contributed by atoms with van der Waals surface area (Å²) in [5.41, 5.74) is 2.01. The maximum absolute atomic E-state index is 12.8. The summed E-state index contributed by atoms with van der Waals surface area (Å²) >= 11 is 0. The highest BCUT2D eigenvalue weighted by molar-refractivity contribution is 6.22. The van der Waals surface area contributed by atoms with Crippen LogP contribution < -0.4 is 4.74 Å². The summed E-state index contributed by atoms with van der Waals surface area (Å²) in [5.74, 6) is 0.250. The minimum absolute atomic E-state index is 0.0124. The van der Waals surface area contributed by atoms with Crippen LogP contribution >= 0.6 is 0 Å². The molecule has 0 heterocycles. The van der Waals surface area contributed by atoms with Crippen molar-refractivity contribution in [1.29, 1.82) is 0 Å². The van der Waals surface area contributed by atoms with Gasteiger partial charge in [0.25, 0.3) is 0 Å². The van der Waals surface area contributed by atoms with Gasteiger partial charge in [0.05, 0.1) is 12.7 Å². The summed E-state index contributed by atoms with van der Waals surface area (Å²) in [6, 6.07) is 16.8. The van der Waals surface area contributed by atoms with Gasteiger partial charge in [0.15, 0.2) is 11.9 Å². The smallest absolute Gasteiger partial charge is 0.339 e. The molecule has 1 saturated carbocycles. The quantitative estimate of drug-likeness (QED) is 0.458. The summed E-state index contributed by atoms with van der Waals surface area (Å²) < 4.78 is 10.8. The molecule has 134 valence electrons. The number of ketones is 1. The Balaban J connectivity index is 1.91. The summed E-state index contributed by atoms with van der Waals surface area (Å²) in [7, 11) is 1.60. The molecular weight excluding hydrogens is 328 g/mol. The molecule has 0 radical (unpaired) electrons. The van der Waals surface area contributed by atoms with Crippen LogP contribution in [0.4, 0.5) is 0 Å². The van der Waals surface area contributed by atoms with Gasteiger partial charge in [-0.05, 0) is 48.6 Å². The van der Waals surface area contributed by atoms with E-state index in [9.17, 15) is 9.59 Å². The molecule has 1 aliphatic carbocycles. The fourth-order valence-electron chi connectivity index (χ4n) is 3.04. The van der Waals surface area contributed by atoms with E-state index in [-0.39, 0.29) is 5.78 Å². The summed E-state index contributed by atoms with van der Waals surface area (Å²) in [6.45, 7) is 0. The first-order valence-corrected chi connectivity index (χ1v) is 8.82. The number of Topliss-reactive ketones (excluding diaryl/α,β-unsaturated/α-hetero) is 1. The van der Waals surface area contributed by atoms with Crippen LogP contribution in [0.2, 0.25) is 0 Å². The van der Waals surface area contributed by atoms with Gasteiger partial charge in [0.2, 0.25) is 0 Å². The Kier molecular flexibility index (Phi) is 5.84. The maximum Gasteiger partial charge on any atom is 0.339 e. The van der Waals surface area contributed by atoms with Gasteiger partial charge in [-0.2, -0.15) is 0 Å². The Bertz CT molecular complexity index is 808. The van der Waals surface area contributed by atoms with Crippen LogP contribution in [0.3, 0.4) is 0 Å². The number of esters is 1. The number of carbonyl (C=O) groups excluding carboxylic acids is 2. The van der Waals surface area contributed by atoms with Crippen molar-refractivity contribution < 1.29 is 19.1 Å². The number of hydrogen-bond acceptors (Lipinski definition) is 4. The highest BCUT2D eigenvalue weighted by atomic mass is 16.5. The zero-order chi connectivity index (χ0) is 18.4. The van der Waals surface area contributed by atoms with Crippen LogP contribution in [0, 0.1) is 0 Å². The van der Waals surface area contributed by atoms with Gasteiger partial charge in [-0.1, -0.05) is 42.5 Å². The molecule has 2 aromatic rings. The number of methoxy groups -OCH3 is 1. The lowest BCUT2D eigenvalue weighted by atomic mass is 9.96. The molecule has 0 amide bonds. The van der Waals surface area contributed by atoms with E-state index in [2.05, 4.69) is 0 Å². The van der Waals surface area contributed by atoms with E-state index >= 15 is 0 Å². The first-order valence-electron chi connectivity index (χ1n) is 8.82. The molecule has 26 heavy (non-hydrogen) atoms. The Morgan fingerprint density at radius 1 is 1.08 bits per heavy atom. The summed E-state index contributed by atoms with van der Waals surface area (Å²) in [5, 5.41) is 0. The monoisotopic (exact) mass is 350 g/mol. The molecule has 2 aromatic carbocycles. The van der Waals surface area contributed by atoms with Crippen molar-refractivity contribution in [3.8, 4) is 5.75 Å². The predicted molar refractivity (Wildman–Crippen MR) is 101 cm³/mol. The summed E-state index contributed by atoms with van der Waals surface area (Å²) in [6.07, 6.45) is 4.01. The van der Waals surface area contributed by atoms with Crippen molar-refractivity contribution in [2.24, 2.45) is 0 Å². The molecule has 4 nitrogen and oxygen atoms in total. The van der Waals surface area contributed by atoms with Gasteiger partial charge in [-0.25, -0.2) is 4.79 Å². The number of hydrogen-bond donors (Lipinski definition) is 0. The average Bonchev–Trinajstić information content (AvgIpc) is 2.68. The first-order chi connectivity index (χ1) is 12.7. The highest BCUT2D eigenvalue weighted by Crippen LogP contribution is 2.25. The molecule has 0 bridgehead atoms. The normalized spacial score (nSPS) is 17.7. The number of rotatable bonds is 5. The molecule has 3 rings (SSSR count). The zero-order valence-corrected chi connectivity index (χ0v) is 14.8. The van der Waals surface area contributed by atoms with E-state index in [0.29, 0.717) is 24.2 Å². The second-order valence-electron chi connectivity index (χ2n) is 6.31. The lowest BCUT2D eigenvalue weighted by Gasteiger charge is -2.21. The van der Waals surface area contributed by atoms with Gasteiger partial charge in [0, 0.05) is 6.42 Å². The number of benzene rings is 2. The van der Waals surface area contributed by atoms with Gasteiger partial charge in [-0.3, -0.25) is 4.79 Å². The Morgan fingerprint density at radius 2 is 1.88 bits per heavy atom.